The molecule has 0 aliphatic carbocycles. The van der Waals surface area contributed by atoms with Crippen molar-refractivity contribution in [2.45, 2.75) is 0 Å². The van der Waals surface area contributed by atoms with Gasteiger partial charge in [0.15, 0.2) is 0 Å². The summed E-state index contributed by atoms with van der Waals surface area (Å²) in [5.74, 6) is -1.24. The molecule has 3 N–H and O–H groups in total. The van der Waals surface area contributed by atoms with Gasteiger partial charge < -0.3 is 25.2 Å². The maximum Gasteiger partial charge on any atom is 0.337 e. The third-order valence-electron chi connectivity index (χ3n) is 3.17. The number of anilines is 1. The molecule has 0 bridgehead atoms. The maximum atomic E-state index is 12.3. The zero-order valence-corrected chi connectivity index (χ0v) is 12.6. The molecule has 0 atom stereocenters. The molecule has 22 heavy (non-hydrogen) atoms. The summed E-state index contributed by atoms with van der Waals surface area (Å²) < 4.78 is 4.66. The molecule has 1 aliphatic rings. The standard InChI is InChI=1S/C14H15ClN2O5/c1-22-14(21)9-7-17(4-5-18)13(20)12(9)16-10-6-8(15)2-3-11(10)19/h2-3,6,16,18-19H,4-5,7H2,1H3. The van der Waals surface area contributed by atoms with Gasteiger partial charge in [0, 0.05) is 11.6 Å². The van der Waals surface area contributed by atoms with Crippen LogP contribution in [0.2, 0.25) is 5.02 Å². The van der Waals surface area contributed by atoms with Gasteiger partial charge in [-0.25, -0.2) is 4.79 Å². The fraction of sp³-hybridized carbons (Fsp3) is 0.286. The topological polar surface area (TPSA) is 99.1 Å². The summed E-state index contributed by atoms with van der Waals surface area (Å²) >= 11 is 5.86. The van der Waals surface area contributed by atoms with Crippen molar-refractivity contribution in [1.82, 2.24) is 4.90 Å². The summed E-state index contributed by atoms with van der Waals surface area (Å²) in [5.41, 5.74) is 0.321. The van der Waals surface area contributed by atoms with Crippen molar-refractivity contribution in [3.8, 4) is 5.75 Å². The molecular formula is C14H15ClN2O5. The highest BCUT2D eigenvalue weighted by Crippen LogP contribution is 2.30. The monoisotopic (exact) mass is 326 g/mol. The number of aromatic hydroxyl groups is 1. The Hall–Kier alpha value is -2.25. The van der Waals surface area contributed by atoms with Crippen molar-refractivity contribution in [2.24, 2.45) is 0 Å². The van der Waals surface area contributed by atoms with Gasteiger partial charge in [0.05, 0.1) is 31.5 Å². The third-order valence-corrected chi connectivity index (χ3v) is 3.41. The van der Waals surface area contributed by atoms with Crippen LogP contribution in [0.5, 0.6) is 5.75 Å². The van der Waals surface area contributed by atoms with E-state index in [0.29, 0.717) is 5.02 Å². The fourth-order valence-electron chi connectivity index (χ4n) is 2.09. The zero-order valence-electron chi connectivity index (χ0n) is 11.8. The van der Waals surface area contributed by atoms with Crippen molar-refractivity contribution >= 4 is 29.2 Å². The Bertz CT molecular complexity index is 644. The number of benzene rings is 1. The molecule has 7 nitrogen and oxygen atoms in total. The molecule has 1 aliphatic heterocycles. The smallest absolute Gasteiger partial charge is 0.337 e. The molecular weight excluding hydrogens is 312 g/mol. The van der Waals surface area contributed by atoms with Crippen LogP contribution in [0.3, 0.4) is 0 Å². The van der Waals surface area contributed by atoms with E-state index < -0.39 is 11.9 Å². The van der Waals surface area contributed by atoms with Gasteiger partial charge in [-0.05, 0) is 18.2 Å². The normalized spacial score (nSPS) is 14.5. The van der Waals surface area contributed by atoms with Crippen LogP contribution < -0.4 is 5.32 Å². The number of hydrogen-bond donors (Lipinski definition) is 3. The van der Waals surface area contributed by atoms with E-state index in [4.69, 9.17) is 16.7 Å². The molecule has 0 spiro atoms. The van der Waals surface area contributed by atoms with Crippen molar-refractivity contribution in [2.75, 3.05) is 32.1 Å². The highest BCUT2D eigenvalue weighted by atomic mass is 35.5. The molecule has 1 amide bonds. The number of hydrogen-bond acceptors (Lipinski definition) is 6. The molecule has 0 unspecified atom stereocenters. The molecule has 2 rings (SSSR count). The summed E-state index contributed by atoms with van der Waals surface area (Å²) in [6.45, 7) is -0.113. The molecule has 0 fully saturated rings. The molecule has 0 saturated carbocycles. The van der Waals surface area contributed by atoms with Crippen molar-refractivity contribution < 1.29 is 24.5 Å². The summed E-state index contributed by atoms with van der Waals surface area (Å²) in [5, 5.41) is 21.9. The molecule has 118 valence electrons. The minimum absolute atomic E-state index is 0.00198. The molecule has 1 aromatic rings. The average molecular weight is 327 g/mol. The van der Waals surface area contributed by atoms with E-state index in [0.717, 1.165) is 0 Å². The number of carbonyl (C=O) groups excluding carboxylic acids is 2. The number of phenolic OH excluding ortho intramolecular Hbond substituents is 1. The van der Waals surface area contributed by atoms with Crippen LogP contribution in [0.1, 0.15) is 0 Å². The van der Waals surface area contributed by atoms with Crippen LogP contribution in [0.15, 0.2) is 29.5 Å². The van der Waals surface area contributed by atoms with Gasteiger partial charge in [-0.3, -0.25) is 4.79 Å². The van der Waals surface area contributed by atoms with E-state index >= 15 is 0 Å². The van der Waals surface area contributed by atoms with E-state index in [2.05, 4.69) is 10.1 Å². The number of carbonyl (C=O) groups is 2. The van der Waals surface area contributed by atoms with E-state index in [9.17, 15) is 14.7 Å². The Morgan fingerprint density at radius 3 is 2.86 bits per heavy atom. The summed E-state index contributed by atoms with van der Waals surface area (Å²) in [4.78, 5) is 25.4. The summed E-state index contributed by atoms with van der Waals surface area (Å²) in [7, 11) is 1.21. The van der Waals surface area contributed by atoms with Crippen LogP contribution >= 0.6 is 11.6 Å². The number of phenols is 1. The summed E-state index contributed by atoms with van der Waals surface area (Å²) in [6.07, 6.45) is 0. The lowest BCUT2D eigenvalue weighted by atomic mass is 10.2. The second-order valence-electron chi connectivity index (χ2n) is 4.58. The molecule has 0 saturated heterocycles. The van der Waals surface area contributed by atoms with E-state index in [1.807, 2.05) is 0 Å². The van der Waals surface area contributed by atoms with Gasteiger partial charge in [0.2, 0.25) is 0 Å². The second kappa shape index (κ2) is 6.67. The first kappa shape index (κ1) is 16.1. The third kappa shape index (κ3) is 3.15. The van der Waals surface area contributed by atoms with E-state index in [1.54, 1.807) is 0 Å². The Labute approximate surface area is 131 Å². The first-order valence-corrected chi connectivity index (χ1v) is 6.83. The quantitative estimate of drug-likeness (QED) is 0.544. The number of amides is 1. The van der Waals surface area contributed by atoms with Crippen molar-refractivity contribution in [3.05, 3.63) is 34.5 Å². The minimum atomic E-state index is -0.655. The lowest BCUT2D eigenvalue weighted by Gasteiger charge is -2.15. The number of rotatable bonds is 5. The van der Waals surface area contributed by atoms with Crippen LogP contribution in [0.4, 0.5) is 5.69 Å². The molecule has 1 aromatic carbocycles. The van der Waals surface area contributed by atoms with Gasteiger partial charge >= 0.3 is 5.97 Å². The highest BCUT2D eigenvalue weighted by Gasteiger charge is 2.34. The predicted molar refractivity (Wildman–Crippen MR) is 79.4 cm³/mol. The number of halogens is 1. The average Bonchev–Trinajstić information content (AvgIpc) is 2.80. The van der Waals surface area contributed by atoms with Crippen LogP contribution in [0, 0.1) is 0 Å². The SMILES string of the molecule is COC(=O)C1=C(Nc2cc(Cl)ccc2O)C(=O)N(CCO)C1. The predicted octanol–water partition coefficient (Wildman–Crippen LogP) is 0.719. The van der Waals surface area contributed by atoms with Gasteiger partial charge in [-0.1, -0.05) is 11.6 Å². The lowest BCUT2D eigenvalue weighted by molar-refractivity contribution is -0.136. The zero-order chi connectivity index (χ0) is 16.3. The van der Waals surface area contributed by atoms with Gasteiger partial charge in [-0.2, -0.15) is 0 Å². The molecule has 0 aromatic heterocycles. The van der Waals surface area contributed by atoms with Crippen LogP contribution in [0.25, 0.3) is 0 Å². The number of methoxy groups -OCH3 is 1. The van der Waals surface area contributed by atoms with Crippen molar-refractivity contribution in [3.63, 3.8) is 0 Å². The Morgan fingerprint density at radius 2 is 2.23 bits per heavy atom. The van der Waals surface area contributed by atoms with Gasteiger partial charge in [0.25, 0.3) is 5.91 Å². The van der Waals surface area contributed by atoms with E-state index in [-0.39, 0.29) is 42.4 Å². The first-order valence-electron chi connectivity index (χ1n) is 6.45. The van der Waals surface area contributed by atoms with Gasteiger partial charge in [-0.15, -0.1) is 0 Å². The molecule has 0 radical (unpaired) electrons. The fourth-order valence-corrected chi connectivity index (χ4v) is 2.26. The number of nitrogens with zero attached hydrogens (tertiary/aromatic N) is 1. The number of aliphatic hydroxyl groups is 1. The first-order chi connectivity index (χ1) is 10.5. The molecule has 1 heterocycles. The second-order valence-corrected chi connectivity index (χ2v) is 5.02. The maximum absolute atomic E-state index is 12.3. The van der Waals surface area contributed by atoms with E-state index in [1.165, 1.54) is 30.2 Å². The Kier molecular flexibility index (Phi) is 4.89. The number of aliphatic hydroxyl groups excluding tert-OH is 1. The van der Waals surface area contributed by atoms with Crippen LogP contribution in [-0.2, 0) is 14.3 Å². The number of β-amino-alcohol motifs (C(OH)–C–C–N with tert-alkyl or cyclic N) is 1. The number of ether oxygens (including phenoxy) is 1. The van der Waals surface area contributed by atoms with Crippen LogP contribution in [-0.4, -0.2) is 53.8 Å². The number of esters is 1. The number of nitrogens with one attached hydrogen (secondary N) is 1. The minimum Gasteiger partial charge on any atom is -0.506 e. The Balaban J connectivity index is 2.36. The van der Waals surface area contributed by atoms with Crippen molar-refractivity contribution in [1.29, 1.82) is 0 Å². The largest absolute Gasteiger partial charge is 0.506 e. The molecule has 8 heteroatoms. The highest BCUT2D eigenvalue weighted by molar-refractivity contribution is 6.31. The summed E-state index contributed by atoms with van der Waals surface area (Å²) in [6, 6.07) is 4.29. The van der Waals surface area contributed by atoms with Gasteiger partial charge in [0.1, 0.15) is 11.4 Å². The Morgan fingerprint density at radius 1 is 1.50 bits per heavy atom. The lowest BCUT2D eigenvalue weighted by Crippen LogP contribution is -2.31.